The fraction of sp³-hybridized carbons (Fsp3) is 0.500. The number of halogens is 2. The van der Waals surface area contributed by atoms with Gasteiger partial charge in [0.05, 0.1) is 13.5 Å². The molecule has 2 aliphatic rings. The first-order valence-corrected chi connectivity index (χ1v) is 11.5. The molecule has 7 heteroatoms. The first-order valence-electron chi connectivity index (χ1n) is 8.39. The molecule has 1 fully saturated rings. The van der Waals surface area contributed by atoms with E-state index in [0.717, 1.165) is 36.1 Å². The Hall–Kier alpha value is -0.800. The number of carbonyl (C=O) groups excluding carboxylic acids is 1. The van der Waals surface area contributed by atoms with Crippen LogP contribution >= 0.6 is 36.7 Å². The highest BCUT2D eigenvalue weighted by Crippen LogP contribution is 2.31. The SMILES string of the molecule is CC(C)(C)OC(=O)NC1CCN(C2=IC=Nc3ccc(Br)cc32)CC1. The minimum Gasteiger partial charge on any atom is -0.444 e. The van der Waals surface area contributed by atoms with E-state index in [0.29, 0.717) is 0 Å². The highest BCUT2D eigenvalue weighted by Gasteiger charge is 2.27. The number of nitrogens with one attached hydrogen (secondary N) is 1. The average Bonchev–Trinajstić information content (AvgIpc) is 2.53. The van der Waals surface area contributed by atoms with Crippen LogP contribution in [0.5, 0.6) is 0 Å². The van der Waals surface area contributed by atoms with Crippen molar-refractivity contribution in [3.63, 3.8) is 0 Å². The monoisotopic (exact) mass is 519 g/mol. The molecule has 0 aromatic heterocycles. The molecule has 0 radical (unpaired) electrons. The van der Waals surface area contributed by atoms with Crippen molar-refractivity contribution in [2.45, 2.75) is 45.3 Å². The summed E-state index contributed by atoms with van der Waals surface area (Å²) in [6.45, 7) is 7.56. The zero-order chi connectivity index (χ0) is 18.0. The highest BCUT2D eigenvalue weighted by molar-refractivity contribution is 14.2. The number of likely N-dealkylation sites (tertiary alicyclic amines) is 1. The van der Waals surface area contributed by atoms with E-state index in [1.807, 2.05) is 26.8 Å². The van der Waals surface area contributed by atoms with Crippen molar-refractivity contribution in [1.82, 2.24) is 10.2 Å². The summed E-state index contributed by atoms with van der Waals surface area (Å²) in [4.78, 5) is 19.0. The van der Waals surface area contributed by atoms with E-state index in [9.17, 15) is 4.79 Å². The Balaban J connectivity index is 1.60. The lowest BCUT2D eigenvalue weighted by Gasteiger charge is -2.34. The van der Waals surface area contributed by atoms with Gasteiger partial charge in [0.25, 0.3) is 0 Å². The van der Waals surface area contributed by atoms with Gasteiger partial charge in [0.15, 0.2) is 0 Å². The summed E-state index contributed by atoms with van der Waals surface area (Å²) >= 11 is 3.36. The predicted molar refractivity (Wildman–Crippen MR) is 114 cm³/mol. The lowest BCUT2D eigenvalue weighted by atomic mass is 10.0. The van der Waals surface area contributed by atoms with E-state index in [1.54, 1.807) is 0 Å². The zero-order valence-electron chi connectivity index (χ0n) is 14.7. The number of ether oxygens (including phenoxy) is 1. The molecule has 0 unspecified atom stereocenters. The standard InChI is InChI=1S/C18H23BrIN3O2/c1-18(2,3)25-17(24)22-13-6-8-23(9-7-13)16-14-10-12(19)4-5-15(14)21-11-20-16/h4-5,10-11,13H,6-9H2,1-3H3,(H,22,24). The second-order valence-electron chi connectivity index (χ2n) is 7.20. The minimum absolute atomic E-state index is 0.184. The number of hydrogen-bond acceptors (Lipinski definition) is 4. The first kappa shape index (κ1) is 19.0. The maximum absolute atomic E-state index is 11.9. The summed E-state index contributed by atoms with van der Waals surface area (Å²) in [5, 5.41) is 3.01. The molecule has 1 saturated heterocycles. The van der Waals surface area contributed by atoms with Gasteiger partial charge < -0.3 is 10.1 Å². The third-order valence-corrected chi connectivity index (χ3v) is 6.92. The van der Waals surface area contributed by atoms with E-state index in [4.69, 9.17) is 4.74 Å². The molecular weight excluding hydrogens is 497 g/mol. The van der Waals surface area contributed by atoms with E-state index < -0.39 is 5.60 Å². The highest BCUT2D eigenvalue weighted by atomic mass is 127. The summed E-state index contributed by atoms with van der Waals surface area (Å²) in [7, 11) is 0. The Kier molecular flexibility index (Phi) is 5.95. The van der Waals surface area contributed by atoms with Crippen molar-refractivity contribution in [3.8, 4) is 0 Å². The van der Waals surface area contributed by atoms with Crippen LogP contribution in [0.1, 0.15) is 39.2 Å². The van der Waals surface area contributed by atoms with Crippen molar-refractivity contribution in [1.29, 1.82) is 0 Å². The molecule has 1 amide bonds. The van der Waals surface area contributed by atoms with Gasteiger partial charge in [0, 0.05) is 29.2 Å². The fourth-order valence-electron chi connectivity index (χ4n) is 2.90. The van der Waals surface area contributed by atoms with Gasteiger partial charge in [-0.3, -0.25) is 9.89 Å². The van der Waals surface area contributed by atoms with Crippen molar-refractivity contribution in [2.75, 3.05) is 13.1 Å². The van der Waals surface area contributed by atoms with Crippen molar-refractivity contribution in [2.24, 2.45) is 4.99 Å². The van der Waals surface area contributed by atoms with Crippen LogP contribution < -0.4 is 5.32 Å². The molecule has 25 heavy (non-hydrogen) atoms. The molecule has 3 rings (SSSR count). The topological polar surface area (TPSA) is 53.9 Å². The fourth-order valence-corrected chi connectivity index (χ4v) is 5.61. The summed E-state index contributed by atoms with van der Waals surface area (Å²) in [6.07, 6.45) is 1.56. The van der Waals surface area contributed by atoms with Crippen LogP contribution in [-0.2, 0) is 4.74 Å². The second-order valence-corrected chi connectivity index (χ2v) is 10.3. The van der Waals surface area contributed by atoms with Crippen LogP contribution in [0.2, 0.25) is 0 Å². The summed E-state index contributed by atoms with van der Waals surface area (Å²) in [5.74, 6) is 0. The smallest absolute Gasteiger partial charge is 0.407 e. The molecule has 0 atom stereocenters. The molecule has 0 bridgehead atoms. The molecule has 0 aliphatic carbocycles. The number of rotatable bonds is 2. The zero-order valence-corrected chi connectivity index (χ0v) is 18.4. The van der Waals surface area contributed by atoms with Crippen LogP contribution in [0.15, 0.2) is 27.7 Å². The number of hydrogen-bond donors (Lipinski definition) is 1. The number of nitrogens with zero attached hydrogens (tertiary/aromatic N) is 2. The number of piperidine rings is 1. The molecule has 1 N–H and O–H groups in total. The number of benzene rings is 1. The quantitative estimate of drug-likeness (QED) is 0.583. The van der Waals surface area contributed by atoms with Gasteiger partial charge in [-0.15, -0.1) is 0 Å². The van der Waals surface area contributed by atoms with Crippen molar-refractivity contribution >= 4 is 56.3 Å². The molecular formula is C18H23BrIN3O2. The predicted octanol–water partition coefficient (Wildman–Crippen LogP) is 4.56. The Labute approximate surface area is 167 Å². The maximum Gasteiger partial charge on any atom is 0.407 e. The Bertz CT molecular complexity index is 720. The van der Waals surface area contributed by atoms with Gasteiger partial charge in [-0.1, -0.05) is 36.7 Å². The average molecular weight is 520 g/mol. The molecule has 1 aromatic rings. The molecule has 2 heterocycles. The van der Waals surface area contributed by atoms with E-state index >= 15 is 0 Å². The molecule has 5 nitrogen and oxygen atoms in total. The van der Waals surface area contributed by atoms with E-state index in [1.165, 1.54) is 9.20 Å². The second kappa shape index (κ2) is 7.84. The van der Waals surface area contributed by atoms with Crippen molar-refractivity contribution < 1.29 is 9.53 Å². The third kappa shape index (κ3) is 5.10. The maximum atomic E-state index is 11.9. The van der Waals surface area contributed by atoms with Gasteiger partial charge in [0.1, 0.15) is 5.60 Å². The summed E-state index contributed by atoms with van der Waals surface area (Å²) < 4.78 is 9.97. The van der Waals surface area contributed by atoms with Crippen LogP contribution in [0.3, 0.4) is 0 Å². The van der Waals surface area contributed by atoms with Crippen LogP contribution in [-0.4, -0.2) is 43.6 Å². The number of aliphatic imine (C=N–C) groups is 1. The van der Waals surface area contributed by atoms with E-state index in [-0.39, 0.29) is 32.9 Å². The van der Waals surface area contributed by atoms with Crippen LogP contribution in [0, 0.1) is 0 Å². The lowest BCUT2D eigenvalue weighted by Crippen LogP contribution is -2.47. The van der Waals surface area contributed by atoms with Gasteiger partial charge in [-0.25, -0.2) is 4.79 Å². The molecule has 136 valence electrons. The molecule has 0 spiro atoms. The van der Waals surface area contributed by atoms with Crippen LogP contribution in [0.25, 0.3) is 0 Å². The van der Waals surface area contributed by atoms with Crippen LogP contribution in [0.4, 0.5) is 10.5 Å². The molecule has 2 aliphatic heterocycles. The summed E-state index contributed by atoms with van der Waals surface area (Å²) in [6, 6.07) is 6.46. The van der Waals surface area contributed by atoms with Gasteiger partial charge in [0.2, 0.25) is 0 Å². The van der Waals surface area contributed by atoms with Gasteiger partial charge in [-0.2, -0.15) is 0 Å². The third-order valence-electron chi connectivity index (χ3n) is 4.01. The lowest BCUT2D eigenvalue weighted by molar-refractivity contribution is 0.0488. The Morgan fingerprint density at radius 1 is 1.36 bits per heavy atom. The first-order chi connectivity index (χ1) is 11.8. The normalized spacial score (nSPS) is 18.8. The largest absolute Gasteiger partial charge is 0.444 e. The van der Waals surface area contributed by atoms with E-state index in [2.05, 4.69) is 47.5 Å². The van der Waals surface area contributed by atoms with Gasteiger partial charge >= 0.3 is 6.09 Å². The van der Waals surface area contributed by atoms with Gasteiger partial charge in [-0.05, 0) is 51.8 Å². The molecule has 1 aromatic carbocycles. The minimum atomic E-state index is -0.455. The number of carbonyl (C=O) groups is 1. The Morgan fingerprint density at radius 3 is 2.76 bits per heavy atom. The summed E-state index contributed by atoms with van der Waals surface area (Å²) in [5.41, 5.74) is 1.85. The van der Waals surface area contributed by atoms with Crippen molar-refractivity contribution in [3.05, 3.63) is 28.2 Å². The number of alkyl carbamates (subject to hydrolysis) is 1. The number of amides is 1. The Morgan fingerprint density at radius 2 is 2.08 bits per heavy atom. The molecule has 0 saturated carbocycles. The number of fused-ring (bicyclic) bond motifs is 1.